The smallest absolute Gasteiger partial charge is 0.135 e. The maximum atomic E-state index is 6.60. The first kappa shape index (κ1) is 24.8. The number of aromatic nitrogens is 1. The second-order valence-corrected chi connectivity index (χ2v) is 11.6. The third-order valence-electron chi connectivity index (χ3n) is 9.15. The third kappa shape index (κ3) is 3.78. The van der Waals surface area contributed by atoms with Crippen LogP contribution in [0.25, 0.3) is 76.8 Å². The monoisotopic (exact) mass is 561 g/mol. The fourth-order valence-corrected chi connectivity index (χ4v) is 7.00. The number of hydrogen-bond acceptors (Lipinski definition) is 2. The summed E-state index contributed by atoms with van der Waals surface area (Å²) in [5, 5.41) is 7.46. The Labute approximate surface area is 255 Å². The highest BCUT2D eigenvalue weighted by Gasteiger charge is 2.24. The fourth-order valence-electron chi connectivity index (χ4n) is 7.00. The molecule has 8 aromatic rings. The van der Waals surface area contributed by atoms with Crippen molar-refractivity contribution in [2.45, 2.75) is 6.92 Å². The van der Waals surface area contributed by atoms with Crippen LogP contribution in [-0.2, 0) is 0 Å². The quantitative estimate of drug-likeness (QED) is 0.200. The molecule has 0 bridgehead atoms. The summed E-state index contributed by atoms with van der Waals surface area (Å²) in [5.74, 6) is 1.79. The first-order valence-electron chi connectivity index (χ1n) is 15.0. The van der Waals surface area contributed by atoms with Crippen molar-refractivity contribution in [3.05, 3.63) is 151 Å². The van der Waals surface area contributed by atoms with Crippen molar-refractivity contribution in [2.75, 3.05) is 0 Å². The zero-order chi connectivity index (χ0) is 29.2. The number of rotatable bonds is 3. The van der Waals surface area contributed by atoms with Crippen LogP contribution in [0.4, 0.5) is 0 Å². The molecule has 1 aliphatic heterocycles. The molecule has 0 atom stereocenters. The van der Waals surface area contributed by atoms with E-state index in [-0.39, 0.29) is 0 Å². The molecular formula is C42H27NO. The first-order valence-corrected chi connectivity index (χ1v) is 15.0. The van der Waals surface area contributed by atoms with E-state index in [1.807, 2.05) is 12.3 Å². The van der Waals surface area contributed by atoms with Gasteiger partial charge >= 0.3 is 0 Å². The van der Waals surface area contributed by atoms with E-state index in [1.165, 1.54) is 65.7 Å². The number of fused-ring (bicyclic) bond motifs is 5. The fraction of sp³-hybridized carbons (Fsp3) is 0.0238. The van der Waals surface area contributed by atoms with Gasteiger partial charge in [-0.3, -0.25) is 4.98 Å². The van der Waals surface area contributed by atoms with Crippen LogP contribution in [0.1, 0.15) is 5.56 Å². The highest BCUT2D eigenvalue weighted by molar-refractivity contribution is 6.19. The molecular weight excluding hydrogens is 534 g/mol. The molecule has 0 spiro atoms. The van der Waals surface area contributed by atoms with Crippen LogP contribution >= 0.6 is 0 Å². The topological polar surface area (TPSA) is 22.1 Å². The van der Waals surface area contributed by atoms with E-state index in [0.717, 1.165) is 28.2 Å². The molecule has 206 valence electrons. The number of nitrogens with zero attached hydrogens (tertiary/aromatic N) is 1. The minimum atomic E-state index is 0.886. The summed E-state index contributed by atoms with van der Waals surface area (Å²) in [6, 6.07) is 48.0. The Balaban J connectivity index is 1.17. The molecule has 7 aromatic carbocycles. The van der Waals surface area contributed by atoms with Gasteiger partial charge in [0.05, 0.1) is 0 Å². The van der Waals surface area contributed by atoms with Crippen LogP contribution in [0.5, 0.6) is 11.5 Å². The van der Waals surface area contributed by atoms with Crippen molar-refractivity contribution in [3.8, 4) is 56.0 Å². The van der Waals surface area contributed by atoms with Crippen LogP contribution in [0, 0.1) is 6.92 Å². The summed E-state index contributed by atoms with van der Waals surface area (Å²) >= 11 is 0. The van der Waals surface area contributed by atoms with Gasteiger partial charge in [-0.25, -0.2) is 0 Å². The van der Waals surface area contributed by atoms with Gasteiger partial charge < -0.3 is 4.74 Å². The van der Waals surface area contributed by atoms with Crippen molar-refractivity contribution < 1.29 is 4.74 Å². The van der Waals surface area contributed by atoms with Gasteiger partial charge in [-0.1, -0.05) is 103 Å². The number of pyridine rings is 1. The molecule has 2 heterocycles. The van der Waals surface area contributed by atoms with Crippen LogP contribution in [0.15, 0.2) is 146 Å². The average Bonchev–Trinajstić information content (AvgIpc) is 3.09. The molecule has 0 saturated heterocycles. The molecule has 9 rings (SSSR count). The Kier molecular flexibility index (Phi) is 5.45. The Morgan fingerprint density at radius 2 is 1.23 bits per heavy atom. The summed E-state index contributed by atoms with van der Waals surface area (Å²) in [7, 11) is 0. The summed E-state index contributed by atoms with van der Waals surface area (Å²) < 4.78 is 6.60. The first-order chi connectivity index (χ1) is 21.7. The van der Waals surface area contributed by atoms with Crippen molar-refractivity contribution in [1.82, 2.24) is 4.98 Å². The Hall–Kier alpha value is -5.73. The maximum absolute atomic E-state index is 6.60. The standard InChI is InChI=1S/C42H27NO/c1-26-33-20-18-30(27-14-16-29(17-15-27)35-11-4-8-28-7-2-3-10-34(28)35)23-38(33)36-12-5-13-39-42(36)41(26)37-21-19-31(24-40(37)44-39)32-9-6-22-43-25-32/h2-25H,1H3. The van der Waals surface area contributed by atoms with Crippen molar-refractivity contribution in [1.29, 1.82) is 0 Å². The van der Waals surface area contributed by atoms with Crippen molar-refractivity contribution in [2.24, 2.45) is 0 Å². The van der Waals surface area contributed by atoms with Gasteiger partial charge in [-0.05, 0) is 97.6 Å². The zero-order valence-electron chi connectivity index (χ0n) is 24.2. The summed E-state index contributed by atoms with van der Waals surface area (Å²) in [5.41, 5.74) is 10.7. The van der Waals surface area contributed by atoms with Crippen LogP contribution in [0.3, 0.4) is 0 Å². The summed E-state index contributed by atoms with van der Waals surface area (Å²) in [4.78, 5) is 4.31. The highest BCUT2D eigenvalue weighted by Crippen LogP contribution is 2.51. The molecule has 1 aromatic heterocycles. The molecule has 0 fully saturated rings. The Morgan fingerprint density at radius 3 is 2.11 bits per heavy atom. The van der Waals surface area contributed by atoms with E-state index in [4.69, 9.17) is 4.74 Å². The zero-order valence-corrected chi connectivity index (χ0v) is 24.2. The van der Waals surface area contributed by atoms with Gasteiger partial charge in [0.15, 0.2) is 0 Å². The number of hydrogen-bond donors (Lipinski definition) is 0. The van der Waals surface area contributed by atoms with E-state index in [1.54, 1.807) is 6.20 Å². The van der Waals surface area contributed by atoms with E-state index in [9.17, 15) is 0 Å². The number of aryl methyl sites for hydroxylation is 1. The molecule has 0 aliphatic carbocycles. The maximum Gasteiger partial charge on any atom is 0.135 e. The van der Waals surface area contributed by atoms with Crippen molar-refractivity contribution >= 4 is 32.3 Å². The summed E-state index contributed by atoms with van der Waals surface area (Å²) in [6.45, 7) is 2.25. The lowest BCUT2D eigenvalue weighted by Crippen LogP contribution is -2.00. The minimum absolute atomic E-state index is 0.886. The lowest BCUT2D eigenvalue weighted by molar-refractivity contribution is 0.487. The molecule has 0 radical (unpaired) electrons. The molecule has 1 aliphatic rings. The van der Waals surface area contributed by atoms with E-state index in [2.05, 4.69) is 139 Å². The van der Waals surface area contributed by atoms with Gasteiger partial charge in [0.25, 0.3) is 0 Å². The predicted octanol–water partition coefficient (Wildman–Crippen LogP) is 11.6. The van der Waals surface area contributed by atoms with Gasteiger partial charge in [0, 0.05) is 34.5 Å². The van der Waals surface area contributed by atoms with Gasteiger partial charge in [-0.2, -0.15) is 0 Å². The van der Waals surface area contributed by atoms with Crippen LogP contribution < -0.4 is 4.74 Å². The minimum Gasteiger partial charge on any atom is -0.456 e. The van der Waals surface area contributed by atoms with E-state index >= 15 is 0 Å². The second kappa shape index (κ2) is 9.65. The van der Waals surface area contributed by atoms with Gasteiger partial charge in [-0.15, -0.1) is 0 Å². The highest BCUT2D eigenvalue weighted by atomic mass is 16.5. The largest absolute Gasteiger partial charge is 0.456 e. The molecule has 2 heteroatoms. The Morgan fingerprint density at radius 1 is 0.477 bits per heavy atom. The SMILES string of the molecule is Cc1c2c3c(cccc3c3cc(-c4ccc(-c5cccc6ccccc56)cc4)ccc13)Oc1cc(-c3cccnc3)ccc1-2. The van der Waals surface area contributed by atoms with Gasteiger partial charge in [0.1, 0.15) is 11.5 Å². The third-order valence-corrected chi connectivity index (χ3v) is 9.15. The molecule has 2 nitrogen and oxygen atoms in total. The average molecular weight is 562 g/mol. The van der Waals surface area contributed by atoms with E-state index < -0.39 is 0 Å². The number of ether oxygens (including phenoxy) is 1. The lowest BCUT2D eigenvalue weighted by Gasteiger charge is -2.25. The van der Waals surface area contributed by atoms with Crippen LogP contribution in [-0.4, -0.2) is 4.98 Å². The summed E-state index contributed by atoms with van der Waals surface area (Å²) in [6.07, 6.45) is 3.70. The van der Waals surface area contributed by atoms with Crippen molar-refractivity contribution in [3.63, 3.8) is 0 Å². The number of benzene rings is 7. The molecule has 0 amide bonds. The molecule has 0 unspecified atom stereocenters. The molecule has 0 saturated carbocycles. The van der Waals surface area contributed by atoms with Gasteiger partial charge in [0.2, 0.25) is 0 Å². The van der Waals surface area contributed by atoms with Crippen LogP contribution in [0.2, 0.25) is 0 Å². The predicted molar refractivity (Wildman–Crippen MR) is 183 cm³/mol. The lowest BCUT2D eigenvalue weighted by atomic mass is 9.85. The van der Waals surface area contributed by atoms with E-state index in [0.29, 0.717) is 0 Å². The normalized spacial score (nSPS) is 11.9. The molecule has 44 heavy (non-hydrogen) atoms. The second-order valence-electron chi connectivity index (χ2n) is 11.6. The Bertz CT molecular complexity index is 2400. The molecule has 0 N–H and O–H groups in total.